The molecule has 164 valence electrons. The maximum absolute atomic E-state index is 5.03. The van der Waals surface area contributed by atoms with Crippen molar-refractivity contribution in [2.45, 2.75) is 63.3 Å². The Kier molecular flexibility index (Phi) is 5.17. The summed E-state index contributed by atoms with van der Waals surface area (Å²) in [5, 5.41) is 0. The molecular formula is C25H34N6. The number of fused-ring (bicyclic) bond motifs is 3. The average Bonchev–Trinajstić information content (AvgIpc) is 3.44. The summed E-state index contributed by atoms with van der Waals surface area (Å²) in [5.41, 5.74) is 3.87. The molecule has 3 atom stereocenters. The molecule has 0 spiro atoms. The van der Waals surface area contributed by atoms with Crippen LogP contribution >= 0.6 is 0 Å². The minimum Gasteiger partial charge on any atom is -0.315 e. The van der Waals surface area contributed by atoms with Gasteiger partial charge in [0.05, 0.1) is 23.6 Å². The van der Waals surface area contributed by atoms with Crippen molar-refractivity contribution in [2.75, 3.05) is 33.2 Å². The quantitative estimate of drug-likeness (QED) is 0.760. The molecule has 6 heteroatoms. The Hall–Kier alpha value is -2.02. The Morgan fingerprint density at radius 3 is 3.03 bits per heavy atom. The largest absolute Gasteiger partial charge is 0.315 e. The van der Waals surface area contributed by atoms with Gasteiger partial charge in [-0.15, -0.1) is 0 Å². The zero-order chi connectivity index (χ0) is 20.8. The van der Waals surface area contributed by atoms with Crippen LogP contribution in [-0.4, -0.2) is 68.5 Å². The number of hydrogen-bond donors (Lipinski definition) is 0. The second-order valence-electron chi connectivity index (χ2n) is 9.81. The molecule has 4 aliphatic rings. The van der Waals surface area contributed by atoms with Crippen LogP contribution in [0.15, 0.2) is 30.6 Å². The molecule has 0 saturated carbocycles. The van der Waals surface area contributed by atoms with E-state index in [1.165, 1.54) is 68.8 Å². The van der Waals surface area contributed by atoms with Gasteiger partial charge in [0.15, 0.2) is 0 Å². The van der Waals surface area contributed by atoms with E-state index in [0.717, 1.165) is 31.3 Å². The number of imidazole rings is 1. The third-order valence-electron chi connectivity index (χ3n) is 7.89. The first-order valence-corrected chi connectivity index (χ1v) is 12.1. The van der Waals surface area contributed by atoms with Crippen LogP contribution < -0.4 is 0 Å². The fraction of sp³-hybridized carbons (Fsp3) is 0.600. The molecule has 5 heterocycles. The smallest absolute Gasteiger partial charge is 0.133 e. The molecule has 31 heavy (non-hydrogen) atoms. The molecule has 2 aromatic rings. The minimum atomic E-state index is 0.394. The fourth-order valence-corrected chi connectivity index (χ4v) is 6.30. The van der Waals surface area contributed by atoms with Gasteiger partial charge in [-0.3, -0.25) is 19.7 Å². The molecule has 6 nitrogen and oxygen atoms in total. The highest BCUT2D eigenvalue weighted by atomic mass is 15.4. The topological polar surface area (TPSA) is 40.4 Å². The number of aryl methyl sites for hydroxylation is 1. The lowest BCUT2D eigenvalue weighted by atomic mass is 9.91. The molecule has 2 fully saturated rings. The van der Waals surface area contributed by atoms with Crippen molar-refractivity contribution in [3.05, 3.63) is 53.4 Å². The van der Waals surface area contributed by atoms with Crippen LogP contribution in [0, 0.1) is 0 Å². The number of rotatable bonds is 4. The van der Waals surface area contributed by atoms with Crippen molar-refractivity contribution in [1.29, 1.82) is 0 Å². The molecule has 0 amide bonds. The van der Waals surface area contributed by atoms with E-state index in [4.69, 9.17) is 9.97 Å². The van der Waals surface area contributed by atoms with E-state index in [1.807, 2.05) is 6.20 Å². The predicted molar refractivity (Wildman–Crippen MR) is 122 cm³/mol. The molecular weight excluding hydrogens is 384 g/mol. The van der Waals surface area contributed by atoms with E-state index in [1.54, 1.807) is 0 Å². The summed E-state index contributed by atoms with van der Waals surface area (Å²) in [6.07, 6.45) is 16.6. The monoisotopic (exact) mass is 418 g/mol. The van der Waals surface area contributed by atoms with Gasteiger partial charge in [-0.05, 0) is 63.4 Å². The van der Waals surface area contributed by atoms with Crippen molar-refractivity contribution < 1.29 is 0 Å². The lowest BCUT2D eigenvalue weighted by Gasteiger charge is -2.42. The normalized spacial score (nSPS) is 28.5. The van der Waals surface area contributed by atoms with Gasteiger partial charge in [-0.2, -0.15) is 0 Å². The van der Waals surface area contributed by atoms with Crippen LogP contribution in [-0.2, 0) is 13.0 Å². The van der Waals surface area contributed by atoms with Crippen LogP contribution in [0.2, 0.25) is 0 Å². The van der Waals surface area contributed by atoms with E-state index < -0.39 is 0 Å². The summed E-state index contributed by atoms with van der Waals surface area (Å²) in [6.45, 7) is 5.77. The highest BCUT2D eigenvalue weighted by Gasteiger charge is 2.35. The van der Waals surface area contributed by atoms with E-state index in [-0.39, 0.29) is 0 Å². The van der Waals surface area contributed by atoms with Crippen molar-refractivity contribution in [3.8, 4) is 0 Å². The third kappa shape index (κ3) is 3.65. The Morgan fingerprint density at radius 1 is 1.13 bits per heavy atom. The van der Waals surface area contributed by atoms with E-state index in [2.05, 4.69) is 56.8 Å². The summed E-state index contributed by atoms with van der Waals surface area (Å²) in [6, 6.07) is 5.47. The van der Waals surface area contributed by atoms with Gasteiger partial charge < -0.3 is 4.57 Å². The van der Waals surface area contributed by atoms with Crippen molar-refractivity contribution in [2.24, 2.45) is 0 Å². The summed E-state index contributed by atoms with van der Waals surface area (Å²) in [7, 11) is 2.24. The lowest BCUT2D eigenvalue weighted by Crippen LogP contribution is -2.52. The molecule has 1 aliphatic carbocycles. The number of hydrogen-bond acceptors (Lipinski definition) is 5. The van der Waals surface area contributed by atoms with Gasteiger partial charge >= 0.3 is 0 Å². The molecule has 2 saturated heterocycles. The molecule has 0 N–H and O–H groups in total. The van der Waals surface area contributed by atoms with Gasteiger partial charge in [-0.1, -0.05) is 12.1 Å². The Morgan fingerprint density at radius 2 is 2.06 bits per heavy atom. The molecule has 0 bridgehead atoms. The molecule has 2 aromatic heterocycles. The van der Waals surface area contributed by atoms with E-state index in [9.17, 15) is 0 Å². The number of piperazine rings is 1. The highest BCUT2D eigenvalue weighted by Crippen LogP contribution is 2.34. The first-order chi connectivity index (χ1) is 15.3. The van der Waals surface area contributed by atoms with Crippen LogP contribution in [0.4, 0.5) is 0 Å². The number of aromatic nitrogens is 3. The zero-order valence-corrected chi connectivity index (χ0v) is 18.7. The zero-order valence-electron chi connectivity index (χ0n) is 18.7. The van der Waals surface area contributed by atoms with Crippen molar-refractivity contribution >= 4 is 6.08 Å². The van der Waals surface area contributed by atoms with Crippen LogP contribution in [0.1, 0.15) is 67.1 Å². The number of pyridine rings is 1. The first-order valence-electron chi connectivity index (χ1n) is 12.1. The van der Waals surface area contributed by atoms with Gasteiger partial charge in [0.1, 0.15) is 5.82 Å². The van der Waals surface area contributed by atoms with Gasteiger partial charge in [-0.25, -0.2) is 4.98 Å². The molecule has 3 aliphatic heterocycles. The average molecular weight is 419 g/mol. The third-order valence-corrected chi connectivity index (χ3v) is 7.89. The standard InChI is InChI=1S/C25H34N6/c1-28(22-9-2-6-19-7-4-12-26-25(19)22)16-20-17-31-23(27-20)10-3-11-24(31)30-15-14-29-13-5-8-21(29)18-30/h3-4,7,10,12,17,21-22,24H,2,5-6,8-9,11,13-16,18H2,1H3/t21?,22-,24?/m0/s1. The van der Waals surface area contributed by atoms with Crippen LogP contribution in [0.5, 0.6) is 0 Å². The van der Waals surface area contributed by atoms with Gasteiger partial charge in [0.25, 0.3) is 0 Å². The lowest BCUT2D eigenvalue weighted by molar-refractivity contribution is 0.0438. The molecule has 6 rings (SSSR count). The number of nitrogens with zero attached hydrogens (tertiary/aromatic N) is 6. The fourth-order valence-electron chi connectivity index (χ4n) is 6.30. The van der Waals surface area contributed by atoms with E-state index in [0.29, 0.717) is 12.2 Å². The maximum atomic E-state index is 5.03. The first kappa shape index (κ1) is 19.6. The van der Waals surface area contributed by atoms with Crippen molar-refractivity contribution in [3.63, 3.8) is 0 Å². The van der Waals surface area contributed by atoms with E-state index >= 15 is 0 Å². The van der Waals surface area contributed by atoms with Crippen molar-refractivity contribution in [1.82, 2.24) is 29.2 Å². The Labute approximate surface area is 185 Å². The Bertz CT molecular complexity index is 965. The molecule has 0 aromatic carbocycles. The highest BCUT2D eigenvalue weighted by molar-refractivity contribution is 5.44. The maximum Gasteiger partial charge on any atom is 0.133 e. The predicted octanol–water partition coefficient (Wildman–Crippen LogP) is 3.48. The molecule has 2 unspecified atom stereocenters. The van der Waals surface area contributed by atoms with Gasteiger partial charge in [0.2, 0.25) is 0 Å². The van der Waals surface area contributed by atoms with Crippen LogP contribution in [0.25, 0.3) is 6.08 Å². The molecule has 0 radical (unpaired) electrons. The van der Waals surface area contributed by atoms with Gasteiger partial charge in [0, 0.05) is 51.0 Å². The Balaban J connectivity index is 1.19. The minimum absolute atomic E-state index is 0.394. The second-order valence-corrected chi connectivity index (χ2v) is 9.81. The summed E-state index contributed by atoms with van der Waals surface area (Å²) < 4.78 is 2.45. The second kappa shape index (κ2) is 8.15. The summed E-state index contributed by atoms with van der Waals surface area (Å²) >= 11 is 0. The van der Waals surface area contributed by atoms with Crippen LogP contribution in [0.3, 0.4) is 0 Å². The SMILES string of the molecule is CN(Cc1cn2c(n1)C=CCC2N1CCN2CCCC2C1)[C@H]1CCCc2cccnc21. The summed E-state index contributed by atoms with van der Waals surface area (Å²) in [5.74, 6) is 1.12. The summed E-state index contributed by atoms with van der Waals surface area (Å²) in [4.78, 5) is 17.6.